The maximum absolute atomic E-state index is 12.4. The van der Waals surface area contributed by atoms with Crippen LogP contribution in [0, 0.1) is 0 Å². The summed E-state index contributed by atoms with van der Waals surface area (Å²) >= 11 is 0. The molecule has 0 bridgehead atoms. The SMILES string of the molecule is CCNC(=O)c1cccc(NC(=O)CN(C)C(C)c2ccc(S(C)=O)cc2)c1. The lowest BCUT2D eigenvalue weighted by Gasteiger charge is -2.24. The minimum atomic E-state index is -1.01. The predicted molar refractivity (Wildman–Crippen MR) is 113 cm³/mol. The molecule has 0 heterocycles. The molecule has 2 rings (SSSR count). The molecule has 2 atom stereocenters. The zero-order chi connectivity index (χ0) is 20.7. The summed E-state index contributed by atoms with van der Waals surface area (Å²) in [6, 6.07) is 14.5. The van der Waals surface area contributed by atoms with Gasteiger partial charge in [-0.1, -0.05) is 18.2 Å². The molecule has 2 aromatic rings. The molecular weight excluding hydrogens is 374 g/mol. The van der Waals surface area contributed by atoms with Crippen molar-refractivity contribution in [2.24, 2.45) is 0 Å². The summed E-state index contributed by atoms with van der Waals surface area (Å²) < 4.78 is 11.5. The molecule has 0 aliphatic rings. The second kappa shape index (κ2) is 10.1. The van der Waals surface area contributed by atoms with Crippen LogP contribution >= 0.6 is 0 Å². The van der Waals surface area contributed by atoms with Gasteiger partial charge < -0.3 is 10.6 Å². The van der Waals surface area contributed by atoms with Crippen LogP contribution < -0.4 is 10.6 Å². The first kappa shape index (κ1) is 21.8. The standard InChI is InChI=1S/C21H27N3O3S/c1-5-22-21(26)17-7-6-8-18(13-17)23-20(25)14-24(3)15(2)16-9-11-19(12-10-16)28(4)27/h6-13,15H,5,14H2,1-4H3,(H,22,26)(H,23,25). The Kier molecular flexibility index (Phi) is 7.90. The number of nitrogens with one attached hydrogen (secondary N) is 2. The number of carbonyl (C=O) groups is 2. The Bertz CT molecular complexity index is 852. The molecule has 0 saturated carbocycles. The molecule has 0 aromatic heterocycles. The predicted octanol–water partition coefficient (Wildman–Crippen LogP) is 2.81. The highest BCUT2D eigenvalue weighted by atomic mass is 32.2. The van der Waals surface area contributed by atoms with E-state index in [2.05, 4.69) is 10.6 Å². The Morgan fingerprint density at radius 2 is 1.82 bits per heavy atom. The highest BCUT2D eigenvalue weighted by Crippen LogP contribution is 2.20. The summed E-state index contributed by atoms with van der Waals surface area (Å²) in [6.07, 6.45) is 1.65. The van der Waals surface area contributed by atoms with Gasteiger partial charge in [0.2, 0.25) is 5.91 Å². The van der Waals surface area contributed by atoms with Crippen molar-refractivity contribution in [3.63, 3.8) is 0 Å². The largest absolute Gasteiger partial charge is 0.352 e. The van der Waals surface area contributed by atoms with E-state index in [1.807, 2.05) is 50.1 Å². The summed E-state index contributed by atoms with van der Waals surface area (Å²) in [5.74, 6) is -0.325. The quantitative estimate of drug-likeness (QED) is 0.713. The molecule has 2 amide bonds. The van der Waals surface area contributed by atoms with Gasteiger partial charge >= 0.3 is 0 Å². The number of benzene rings is 2. The van der Waals surface area contributed by atoms with Crippen molar-refractivity contribution in [3.05, 3.63) is 59.7 Å². The first-order chi connectivity index (χ1) is 13.3. The van der Waals surface area contributed by atoms with E-state index in [9.17, 15) is 13.8 Å². The second-order valence-corrected chi connectivity index (χ2v) is 7.98. The van der Waals surface area contributed by atoms with E-state index in [0.717, 1.165) is 10.5 Å². The van der Waals surface area contributed by atoms with E-state index in [4.69, 9.17) is 0 Å². The van der Waals surface area contributed by atoms with Crippen LogP contribution in [0.3, 0.4) is 0 Å². The maximum atomic E-state index is 12.4. The molecule has 0 radical (unpaired) electrons. The molecule has 0 aliphatic carbocycles. The molecule has 2 unspecified atom stereocenters. The number of amides is 2. The molecular formula is C21H27N3O3S. The van der Waals surface area contributed by atoms with Crippen molar-refractivity contribution in [3.8, 4) is 0 Å². The number of nitrogens with zero attached hydrogens (tertiary/aromatic N) is 1. The van der Waals surface area contributed by atoms with Crippen LogP contribution in [0.5, 0.6) is 0 Å². The molecule has 0 aliphatic heterocycles. The highest BCUT2D eigenvalue weighted by molar-refractivity contribution is 7.84. The lowest BCUT2D eigenvalue weighted by Crippen LogP contribution is -2.32. The molecule has 2 N–H and O–H groups in total. The number of carbonyl (C=O) groups excluding carboxylic acids is 2. The summed E-state index contributed by atoms with van der Waals surface area (Å²) in [5, 5.41) is 5.58. The van der Waals surface area contributed by atoms with Crippen LogP contribution in [0.1, 0.15) is 35.8 Å². The van der Waals surface area contributed by atoms with Crippen LogP contribution in [-0.2, 0) is 15.6 Å². The third kappa shape index (κ3) is 6.00. The molecule has 0 fully saturated rings. The number of likely N-dealkylation sites (N-methyl/N-ethyl adjacent to an activating group) is 1. The minimum Gasteiger partial charge on any atom is -0.352 e. The molecule has 6 nitrogen and oxygen atoms in total. The number of anilines is 1. The summed E-state index contributed by atoms with van der Waals surface area (Å²) in [5.41, 5.74) is 2.14. The van der Waals surface area contributed by atoms with Crippen molar-refractivity contribution < 1.29 is 13.8 Å². The first-order valence-corrected chi connectivity index (χ1v) is 10.7. The molecule has 0 spiro atoms. The van der Waals surface area contributed by atoms with E-state index < -0.39 is 10.8 Å². The van der Waals surface area contributed by atoms with Crippen LogP contribution in [0.2, 0.25) is 0 Å². The highest BCUT2D eigenvalue weighted by Gasteiger charge is 2.16. The second-order valence-electron chi connectivity index (χ2n) is 6.60. The summed E-state index contributed by atoms with van der Waals surface area (Å²) in [7, 11) is 0.870. The molecule has 2 aromatic carbocycles. The normalized spacial score (nSPS) is 13.0. The van der Waals surface area contributed by atoms with Gasteiger partial charge in [0.1, 0.15) is 0 Å². The smallest absolute Gasteiger partial charge is 0.251 e. The third-order valence-corrected chi connectivity index (χ3v) is 5.43. The van der Waals surface area contributed by atoms with E-state index in [1.54, 1.807) is 30.5 Å². The van der Waals surface area contributed by atoms with Gasteiger partial charge in [-0.3, -0.25) is 18.7 Å². The Balaban J connectivity index is 1.97. The van der Waals surface area contributed by atoms with E-state index in [1.165, 1.54) is 0 Å². The molecule has 7 heteroatoms. The van der Waals surface area contributed by atoms with Crippen LogP contribution in [0.15, 0.2) is 53.4 Å². The Hall–Kier alpha value is -2.51. The van der Waals surface area contributed by atoms with Crippen molar-refractivity contribution in [1.82, 2.24) is 10.2 Å². The Labute approximate surface area is 168 Å². The number of rotatable bonds is 8. The van der Waals surface area contributed by atoms with Gasteiger partial charge in [0.25, 0.3) is 5.91 Å². The zero-order valence-electron chi connectivity index (χ0n) is 16.7. The van der Waals surface area contributed by atoms with Crippen molar-refractivity contribution in [2.75, 3.05) is 31.7 Å². The van der Waals surface area contributed by atoms with Gasteiger partial charge in [-0.15, -0.1) is 0 Å². The lowest BCUT2D eigenvalue weighted by atomic mass is 10.1. The van der Waals surface area contributed by atoms with E-state index in [0.29, 0.717) is 17.8 Å². The maximum Gasteiger partial charge on any atom is 0.251 e. The topological polar surface area (TPSA) is 78.5 Å². The first-order valence-electron chi connectivity index (χ1n) is 9.13. The molecule has 0 saturated heterocycles. The van der Waals surface area contributed by atoms with Gasteiger partial charge in [-0.05, 0) is 56.8 Å². The fraction of sp³-hybridized carbons (Fsp3) is 0.333. The van der Waals surface area contributed by atoms with Gasteiger partial charge in [0.05, 0.1) is 6.54 Å². The van der Waals surface area contributed by atoms with Gasteiger partial charge in [-0.2, -0.15) is 0 Å². The third-order valence-electron chi connectivity index (χ3n) is 4.49. The van der Waals surface area contributed by atoms with Crippen LogP contribution in [0.4, 0.5) is 5.69 Å². The molecule has 28 heavy (non-hydrogen) atoms. The average Bonchev–Trinajstić information content (AvgIpc) is 2.67. The van der Waals surface area contributed by atoms with Gasteiger partial charge in [0, 0.05) is 45.8 Å². The molecule has 150 valence electrons. The summed E-state index contributed by atoms with van der Waals surface area (Å²) in [4.78, 5) is 27.0. The fourth-order valence-electron chi connectivity index (χ4n) is 2.76. The van der Waals surface area contributed by atoms with Crippen molar-refractivity contribution in [2.45, 2.75) is 24.8 Å². The minimum absolute atomic E-state index is 0.0201. The van der Waals surface area contributed by atoms with Crippen LogP contribution in [-0.4, -0.2) is 47.3 Å². The Morgan fingerprint density at radius 1 is 1.14 bits per heavy atom. The van der Waals surface area contributed by atoms with Gasteiger partial charge in [0.15, 0.2) is 0 Å². The fourth-order valence-corrected chi connectivity index (χ4v) is 3.28. The lowest BCUT2D eigenvalue weighted by molar-refractivity contribution is -0.117. The number of hydrogen-bond acceptors (Lipinski definition) is 4. The Morgan fingerprint density at radius 3 is 2.43 bits per heavy atom. The zero-order valence-corrected chi connectivity index (χ0v) is 17.5. The number of hydrogen-bond donors (Lipinski definition) is 2. The van der Waals surface area contributed by atoms with Crippen molar-refractivity contribution >= 4 is 28.3 Å². The monoisotopic (exact) mass is 401 g/mol. The van der Waals surface area contributed by atoms with Crippen LogP contribution in [0.25, 0.3) is 0 Å². The van der Waals surface area contributed by atoms with Gasteiger partial charge in [-0.25, -0.2) is 0 Å². The van der Waals surface area contributed by atoms with Crippen molar-refractivity contribution in [1.29, 1.82) is 0 Å². The van der Waals surface area contributed by atoms with E-state index >= 15 is 0 Å². The van der Waals surface area contributed by atoms with E-state index in [-0.39, 0.29) is 24.4 Å². The summed E-state index contributed by atoms with van der Waals surface area (Å²) in [6.45, 7) is 4.62. The average molecular weight is 402 g/mol.